The van der Waals surface area contributed by atoms with Gasteiger partial charge in [0.15, 0.2) is 11.5 Å². The molecule has 7 nitrogen and oxygen atoms in total. The Morgan fingerprint density at radius 2 is 1.96 bits per heavy atom. The first-order valence-electron chi connectivity index (χ1n) is 8.37. The summed E-state index contributed by atoms with van der Waals surface area (Å²) in [6.07, 6.45) is 2.37. The molecule has 1 aromatic heterocycles. The van der Waals surface area contributed by atoms with Gasteiger partial charge in [-0.05, 0) is 30.9 Å². The molecule has 2 saturated heterocycles. The molecular formula is C16H25N5O2. The number of anilines is 1. The number of carbonyl (C=O) groups excluding carboxylic acids is 1. The van der Waals surface area contributed by atoms with E-state index in [-0.39, 0.29) is 5.91 Å². The average molecular weight is 319 g/mol. The molecule has 126 valence electrons. The molecule has 0 unspecified atom stereocenters. The van der Waals surface area contributed by atoms with Crippen LogP contribution in [-0.4, -0.2) is 74.0 Å². The number of hydrogen-bond donors (Lipinski definition) is 1. The Hall–Kier alpha value is -1.73. The SMILES string of the molecule is CNC(=O)c1ccc(N2CCN(CC3CCOCC3)CC2)nn1. The monoisotopic (exact) mass is 319 g/mol. The molecule has 2 aliphatic rings. The molecule has 0 bridgehead atoms. The maximum atomic E-state index is 11.5. The third-order valence-corrected chi connectivity index (χ3v) is 4.66. The molecule has 0 radical (unpaired) electrons. The van der Waals surface area contributed by atoms with Gasteiger partial charge in [-0.15, -0.1) is 10.2 Å². The van der Waals surface area contributed by atoms with Gasteiger partial charge >= 0.3 is 0 Å². The third kappa shape index (κ3) is 4.17. The van der Waals surface area contributed by atoms with Crippen LogP contribution < -0.4 is 10.2 Å². The summed E-state index contributed by atoms with van der Waals surface area (Å²) in [7, 11) is 1.59. The predicted molar refractivity (Wildman–Crippen MR) is 87.6 cm³/mol. The van der Waals surface area contributed by atoms with E-state index in [0.717, 1.165) is 51.1 Å². The Morgan fingerprint density at radius 1 is 1.22 bits per heavy atom. The van der Waals surface area contributed by atoms with Gasteiger partial charge in [0.25, 0.3) is 5.91 Å². The van der Waals surface area contributed by atoms with Crippen LogP contribution in [0.25, 0.3) is 0 Å². The standard InChI is InChI=1S/C16H25N5O2/c1-17-16(22)14-2-3-15(19-18-14)21-8-6-20(7-9-21)12-13-4-10-23-11-5-13/h2-3,13H,4-12H2,1H3,(H,17,22). The van der Waals surface area contributed by atoms with Crippen LogP contribution in [0.5, 0.6) is 0 Å². The second-order valence-electron chi connectivity index (χ2n) is 6.20. The number of nitrogens with zero attached hydrogens (tertiary/aromatic N) is 4. The lowest BCUT2D eigenvalue weighted by Gasteiger charge is -2.37. The number of carbonyl (C=O) groups is 1. The van der Waals surface area contributed by atoms with E-state index in [4.69, 9.17) is 4.74 Å². The van der Waals surface area contributed by atoms with Gasteiger partial charge in [-0.2, -0.15) is 0 Å². The quantitative estimate of drug-likeness (QED) is 0.865. The summed E-state index contributed by atoms with van der Waals surface area (Å²) >= 11 is 0. The van der Waals surface area contributed by atoms with Crippen molar-refractivity contribution in [1.29, 1.82) is 0 Å². The van der Waals surface area contributed by atoms with Gasteiger partial charge < -0.3 is 15.0 Å². The molecular weight excluding hydrogens is 294 g/mol. The van der Waals surface area contributed by atoms with Crippen LogP contribution >= 0.6 is 0 Å². The Kier molecular flexibility index (Phi) is 5.40. The molecule has 2 fully saturated rings. The van der Waals surface area contributed by atoms with E-state index in [2.05, 4.69) is 25.3 Å². The summed E-state index contributed by atoms with van der Waals surface area (Å²) < 4.78 is 5.43. The van der Waals surface area contributed by atoms with Crippen LogP contribution in [0.3, 0.4) is 0 Å². The van der Waals surface area contributed by atoms with Crippen molar-refractivity contribution in [3.63, 3.8) is 0 Å². The third-order valence-electron chi connectivity index (χ3n) is 4.66. The van der Waals surface area contributed by atoms with E-state index < -0.39 is 0 Å². The summed E-state index contributed by atoms with van der Waals surface area (Å²) in [5, 5.41) is 10.8. The number of amides is 1. The molecule has 0 aromatic carbocycles. The fraction of sp³-hybridized carbons (Fsp3) is 0.688. The van der Waals surface area contributed by atoms with Crippen LogP contribution in [0.2, 0.25) is 0 Å². The van der Waals surface area contributed by atoms with Crippen molar-refractivity contribution < 1.29 is 9.53 Å². The highest BCUT2D eigenvalue weighted by Crippen LogP contribution is 2.18. The second kappa shape index (κ2) is 7.70. The maximum absolute atomic E-state index is 11.5. The van der Waals surface area contributed by atoms with E-state index >= 15 is 0 Å². The van der Waals surface area contributed by atoms with Crippen molar-refractivity contribution in [2.24, 2.45) is 5.92 Å². The van der Waals surface area contributed by atoms with Gasteiger partial charge in [0, 0.05) is 53.0 Å². The number of nitrogens with one attached hydrogen (secondary N) is 1. The fourth-order valence-electron chi connectivity index (χ4n) is 3.20. The summed E-state index contributed by atoms with van der Waals surface area (Å²) in [5.74, 6) is 1.43. The van der Waals surface area contributed by atoms with Crippen molar-refractivity contribution in [3.8, 4) is 0 Å². The molecule has 1 aromatic rings. The molecule has 1 amide bonds. The molecule has 0 atom stereocenters. The number of rotatable bonds is 4. The number of piperazine rings is 1. The van der Waals surface area contributed by atoms with Gasteiger partial charge in [-0.3, -0.25) is 9.69 Å². The molecule has 0 saturated carbocycles. The van der Waals surface area contributed by atoms with E-state index in [1.165, 1.54) is 19.4 Å². The highest BCUT2D eigenvalue weighted by atomic mass is 16.5. The predicted octanol–water partition coefficient (Wildman–Crippen LogP) is 0.385. The van der Waals surface area contributed by atoms with Gasteiger partial charge in [-0.1, -0.05) is 0 Å². The van der Waals surface area contributed by atoms with Crippen LogP contribution in [0.15, 0.2) is 12.1 Å². The minimum Gasteiger partial charge on any atom is -0.381 e. The van der Waals surface area contributed by atoms with Crippen molar-refractivity contribution >= 4 is 11.7 Å². The number of hydrogen-bond acceptors (Lipinski definition) is 6. The normalized spacial score (nSPS) is 20.5. The van der Waals surface area contributed by atoms with Crippen molar-refractivity contribution in [3.05, 3.63) is 17.8 Å². The maximum Gasteiger partial charge on any atom is 0.271 e. The van der Waals surface area contributed by atoms with E-state index in [9.17, 15) is 4.79 Å². The molecule has 23 heavy (non-hydrogen) atoms. The second-order valence-corrected chi connectivity index (χ2v) is 6.20. The smallest absolute Gasteiger partial charge is 0.271 e. The first-order chi connectivity index (χ1) is 11.3. The number of ether oxygens (including phenoxy) is 1. The molecule has 1 N–H and O–H groups in total. The summed E-state index contributed by atoms with van der Waals surface area (Å²) in [5.41, 5.74) is 0.356. The number of aromatic nitrogens is 2. The highest BCUT2D eigenvalue weighted by Gasteiger charge is 2.22. The van der Waals surface area contributed by atoms with Crippen molar-refractivity contribution in [2.75, 3.05) is 57.9 Å². The topological polar surface area (TPSA) is 70.6 Å². The minimum atomic E-state index is -0.203. The first kappa shape index (κ1) is 16.1. The largest absolute Gasteiger partial charge is 0.381 e. The molecule has 0 spiro atoms. The lowest BCUT2D eigenvalue weighted by molar-refractivity contribution is 0.0517. The molecule has 0 aliphatic carbocycles. The Morgan fingerprint density at radius 3 is 2.57 bits per heavy atom. The Bertz CT molecular complexity index is 508. The Balaban J connectivity index is 1.49. The van der Waals surface area contributed by atoms with Crippen LogP contribution in [-0.2, 0) is 4.74 Å². The first-order valence-corrected chi connectivity index (χ1v) is 8.37. The van der Waals surface area contributed by atoms with Gasteiger partial charge in [-0.25, -0.2) is 0 Å². The summed E-state index contributed by atoms with van der Waals surface area (Å²) in [6, 6.07) is 3.61. The average Bonchev–Trinajstić information content (AvgIpc) is 2.63. The molecule has 2 aliphatic heterocycles. The minimum absolute atomic E-state index is 0.203. The Labute approximate surface area is 137 Å². The zero-order valence-electron chi connectivity index (χ0n) is 13.7. The van der Waals surface area contributed by atoms with Crippen molar-refractivity contribution in [1.82, 2.24) is 20.4 Å². The summed E-state index contributed by atoms with van der Waals surface area (Å²) in [4.78, 5) is 16.3. The van der Waals surface area contributed by atoms with Gasteiger partial charge in [0.2, 0.25) is 0 Å². The van der Waals surface area contributed by atoms with Crippen LogP contribution in [0.4, 0.5) is 5.82 Å². The lowest BCUT2D eigenvalue weighted by atomic mass is 9.99. The van der Waals surface area contributed by atoms with E-state index in [0.29, 0.717) is 5.69 Å². The molecule has 7 heteroatoms. The fourth-order valence-corrected chi connectivity index (χ4v) is 3.20. The van der Waals surface area contributed by atoms with Crippen molar-refractivity contribution in [2.45, 2.75) is 12.8 Å². The van der Waals surface area contributed by atoms with Gasteiger partial charge in [0.1, 0.15) is 0 Å². The summed E-state index contributed by atoms with van der Waals surface area (Å²) in [6.45, 7) is 7.02. The molecule has 3 rings (SSSR count). The highest BCUT2D eigenvalue weighted by molar-refractivity contribution is 5.91. The molecule has 3 heterocycles. The zero-order chi connectivity index (χ0) is 16.1. The van der Waals surface area contributed by atoms with Crippen LogP contribution in [0.1, 0.15) is 23.3 Å². The van der Waals surface area contributed by atoms with E-state index in [1.54, 1.807) is 13.1 Å². The van der Waals surface area contributed by atoms with Gasteiger partial charge in [0.05, 0.1) is 0 Å². The lowest BCUT2D eigenvalue weighted by Crippen LogP contribution is -2.48. The van der Waals surface area contributed by atoms with Crippen LogP contribution in [0, 0.1) is 5.92 Å². The zero-order valence-corrected chi connectivity index (χ0v) is 13.7. The van der Waals surface area contributed by atoms with E-state index in [1.807, 2.05) is 6.07 Å².